The van der Waals surface area contributed by atoms with Crippen LogP contribution in [-0.2, 0) is 9.53 Å². The van der Waals surface area contributed by atoms with Gasteiger partial charge < -0.3 is 4.74 Å². The Hall–Kier alpha value is -0.610. The molecule has 3 N–H and O–H groups in total. The van der Waals surface area contributed by atoms with Crippen molar-refractivity contribution in [1.82, 2.24) is 5.43 Å². The lowest BCUT2D eigenvalue weighted by Crippen LogP contribution is -2.45. The lowest BCUT2D eigenvalue weighted by Gasteiger charge is -2.39. The second kappa shape index (κ2) is 3.19. The van der Waals surface area contributed by atoms with Crippen molar-refractivity contribution in [3.63, 3.8) is 0 Å². The number of methoxy groups -OCH3 is 1. The molecule has 0 aromatic carbocycles. The molecule has 0 spiro atoms. The van der Waals surface area contributed by atoms with Crippen molar-refractivity contribution < 1.29 is 9.53 Å². The van der Waals surface area contributed by atoms with Crippen molar-refractivity contribution in [2.24, 2.45) is 5.84 Å². The van der Waals surface area contributed by atoms with E-state index in [0.717, 1.165) is 19.3 Å². The van der Waals surface area contributed by atoms with Crippen molar-refractivity contribution in [2.75, 3.05) is 7.11 Å². The maximum Gasteiger partial charge on any atom is 0.236 e. The van der Waals surface area contributed by atoms with Gasteiger partial charge in [-0.05, 0) is 19.3 Å². The molecule has 0 heterocycles. The molecule has 4 nitrogen and oxygen atoms in total. The first-order chi connectivity index (χ1) is 5.22. The van der Waals surface area contributed by atoms with Gasteiger partial charge in [0.25, 0.3) is 0 Å². The Morgan fingerprint density at radius 1 is 1.73 bits per heavy atom. The first kappa shape index (κ1) is 8.49. The van der Waals surface area contributed by atoms with Crippen molar-refractivity contribution >= 4 is 5.91 Å². The molecule has 0 aromatic heterocycles. The van der Waals surface area contributed by atoms with Gasteiger partial charge in [-0.2, -0.15) is 0 Å². The van der Waals surface area contributed by atoms with E-state index >= 15 is 0 Å². The Balaban J connectivity index is 2.38. The van der Waals surface area contributed by atoms with Crippen molar-refractivity contribution in [3.8, 4) is 0 Å². The number of rotatable bonds is 3. The van der Waals surface area contributed by atoms with Crippen LogP contribution in [0.2, 0.25) is 0 Å². The highest BCUT2D eigenvalue weighted by Gasteiger charge is 2.38. The maximum absolute atomic E-state index is 10.9. The Kier molecular flexibility index (Phi) is 2.46. The van der Waals surface area contributed by atoms with E-state index in [4.69, 9.17) is 10.6 Å². The lowest BCUT2D eigenvalue weighted by molar-refractivity contribution is -0.134. The summed E-state index contributed by atoms with van der Waals surface area (Å²) < 4.78 is 5.23. The van der Waals surface area contributed by atoms with Crippen LogP contribution in [0.3, 0.4) is 0 Å². The summed E-state index contributed by atoms with van der Waals surface area (Å²) in [6.07, 6.45) is 3.47. The van der Waals surface area contributed by atoms with Gasteiger partial charge in [0, 0.05) is 7.11 Å². The van der Waals surface area contributed by atoms with E-state index in [0.29, 0.717) is 6.42 Å². The van der Waals surface area contributed by atoms with Crippen LogP contribution in [0, 0.1) is 0 Å². The number of hydrogen-bond donors (Lipinski definition) is 2. The summed E-state index contributed by atoms with van der Waals surface area (Å²) >= 11 is 0. The van der Waals surface area contributed by atoms with Gasteiger partial charge in [0.15, 0.2) is 0 Å². The molecule has 11 heavy (non-hydrogen) atoms. The Morgan fingerprint density at radius 3 is 2.64 bits per heavy atom. The standard InChI is InChI=1S/C7H14N2O2/c1-11-7(3-2-4-7)5-6(10)9-8/h2-5,8H2,1H3,(H,9,10). The first-order valence-electron chi connectivity index (χ1n) is 3.77. The highest BCUT2D eigenvalue weighted by molar-refractivity contribution is 5.76. The minimum Gasteiger partial charge on any atom is -0.378 e. The van der Waals surface area contributed by atoms with E-state index in [1.807, 2.05) is 0 Å². The molecular weight excluding hydrogens is 144 g/mol. The highest BCUT2D eigenvalue weighted by Crippen LogP contribution is 2.37. The van der Waals surface area contributed by atoms with Crippen LogP contribution in [0.25, 0.3) is 0 Å². The predicted octanol–water partition coefficient (Wildman–Crippen LogP) is -0.0645. The van der Waals surface area contributed by atoms with Crippen molar-refractivity contribution in [2.45, 2.75) is 31.3 Å². The van der Waals surface area contributed by atoms with E-state index in [9.17, 15) is 4.79 Å². The normalized spacial score (nSPS) is 20.5. The molecule has 1 rings (SSSR count). The zero-order chi connectivity index (χ0) is 8.32. The molecule has 1 aliphatic carbocycles. The van der Waals surface area contributed by atoms with E-state index in [1.54, 1.807) is 7.11 Å². The quantitative estimate of drug-likeness (QED) is 0.343. The van der Waals surface area contributed by atoms with Crippen LogP contribution in [0.4, 0.5) is 0 Å². The SMILES string of the molecule is COC1(CC(=O)NN)CCC1. The molecule has 0 saturated heterocycles. The third-order valence-corrected chi connectivity index (χ3v) is 2.34. The summed E-state index contributed by atoms with van der Waals surface area (Å²) in [6.45, 7) is 0. The summed E-state index contributed by atoms with van der Waals surface area (Å²) in [7, 11) is 1.64. The molecule has 64 valence electrons. The molecule has 1 amide bonds. The highest BCUT2D eigenvalue weighted by atomic mass is 16.5. The summed E-state index contributed by atoms with van der Waals surface area (Å²) in [6, 6.07) is 0. The van der Waals surface area contributed by atoms with Crippen LogP contribution in [0.15, 0.2) is 0 Å². The second-order valence-electron chi connectivity index (χ2n) is 2.98. The number of carbonyl (C=O) groups is 1. The van der Waals surface area contributed by atoms with Crippen molar-refractivity contribution in [1.29, 1.82) is 0 Å². The van der Waals surface area contributed by atoms with Gasteiger partial charge >= 0.3 is 0 Å². The molecule has 0 aliphatic heterocycles. The van der Waals surface area contributed by atoms with Gasteiger partial charge in [0.05, 0.1) is 12.0 Å². The number of hydrogen-bond acceptors (Lipinski definition) is 3. The predicted molar refractivity (Wildman–Crippen MR) is 40.5 cm³/mol. The van der Waals surface area contributed by atoms with E-state index in [-0.39, 0.29) is 11.5 Å². The fraction of sp³-hybridized carbons (Fsp3) is 0.857. The van der Waals surface area contributed by atoms with Crippen LogP contribution < -0.4 is 11.3 Å². The van der Waals surface area contributed by atoms with Crippen LogP contribution in [0.5, 0.6) is 0 Å². The summed E-state index contributed by atoms with van der Waals surface area (Å²) in [4.78, 5) is 10.9. The molecule has 1 aliphatic rings. The zero-order valence-electron chi connectivity index (χ0n) is 6.72. The minimum absolute atomic E-state index is 0.147. The minimum atomic E-state index is -0.205. The van der Waals surface area contributed by atoms with Gasteiger partial charge in [0.1, 0.15) is 0 Å². The fourth-order valence-electron chi connectivity index (χ4n) is 1.37. The number of hydrazine groups is 1. The smallest absolute Gasteiger partial charge is 0.236 e. The lowest BCUT2D eigenvalue weighted by atomic mass is 9.77. The number of carbonyl (C=O) groups excluding carboxylic acids is 1. The maximum atomic E-state index is 10.9. The number of nitrogens with one attached hydrogen (secondary N) is 1. The molecule has 0 radical (unpaired) electrons. The Bertz CT molecular complexity index is 149. The Morgan fingerprint density at radius 2 is 2.36 bits per heavy atom. The van der Waals surface area contributed by atoms with E-state index < -0.39 is 0 Å². The molecular formula is C7H14N2O2. The monoisotopic (exact) mass is 158 g/mol. The van der Waals surface area contributed by atoms with E-state index in [2.05, 4.69) is 5.43 Å². The van der Waals surface area contributed by atoms with Crippen LogP contribution in [-0.4, -0.2) is 18.6 Å². The topological polar surface area (TPSA) is 64.3 Å². The van der Waals surface area contributed by atoms with Crippen LogP contribution >= 0.6 is 0 Å². The average Bonchev–Trinajstić information content (AvgIpc) is 1.96. The molecule has 0 bridgehead atoms. The summed E-state index contributed by atoms with van der Waals surface area (Å²) in [5.41, 5.74) is 1.90. The summed E-state index contributed by atoms with van der Waals surface area (Å²) in [5, 5.41) is 0. The molecule has 1 fully saturated rings. The van der Waals surface area contributed by atoms with Gasteiger partial charge in [-0.1, -0.05) is 0 Å². The third kappa shape index (κ3) is 1.70. The van der Waals surface area contributed by atoms with Crippen LogP contribution in [0.1, 0.15) is 25.7 Å². The molecule has 0 atom stereocenters. The number of amides is 1. The second-order valence-corrected chi connectivity index (χ2v) is 2.98. The average molecular weight is 158 g/mol. The van der Waals surface area contributed by atoms with E-state index in [1.165, 1.54) is 0 Å². The Labute approximate surface area is 66.1 Å². The number of nitrogens with two attached hydrogens (primary N) is 1. The fourth-order valence-corrected chi connectivity index (χ4v) is 1.37. The van der Waals surface area contributed by atoms with Gasteiger partial charge in [-0.25, -0.2) is 5.84 Å². The van der Waals surface area contributed by atoms with Gasteiger partial charge in [-0.15, -0.1) is 0 Å². The molecule has 0 aromatic rings. The van der Waals surface area contributed by atoms with Crippen molar-refractivity contribution in [3.05, 3.63) is 0 Å². The largest absolute Gasteiger partial charge is 0.378 e. The zero-order valence-corrected chi connectivity index (χ0v) is 6.72. The van der Waals surface area contributed by atoms with Gasteiger partial charge in [0.2, 0.25) is 5.91 Å². The molecule has 4 heteroatoms. The molecule has 1 saturated carbocycles. The first-order valence-corrected chi connectivity index (χ1v) is 3.77. The number of ether oxygens (including phenoxy) is 1. The third-order valence-electron chi connectivity index (χ3n) is 2.34. The molecule has 0 unspecified atom stereocenters. The van der Waals surface area contributed by atoms with Gasteiger partial charge in [-0.3, -0.25) is 10.2 Å². The summed E-state index contributed by atoms with van der Waals surface area (Å²) in [5.74, 6) is 4.81.